The third-order valence-corrected chi connectivity index (χ3v) is 3.90. The van der Waals surface area contributed by atoms with Crippen LogP contribution in [0.15, 0.2) is 12.3 Å². The molecule has 1 heterocycles. The summed E-state index contributed by atoms with van der Waals surface area (Å²) in [5.74, 6) is 1.32. The number of hydrogen-bond donors (Lipinski definition) is 1. The largest absolute Gasteiger partial charge is 0.361 e. The summed E-state index contributed by atoms with van der Waals surface area (Å²) in [6.07, 6.45) is 2.30. The standard InChI is InChI=1S/C10H12Cl4N2/c1-2-10(5-11,6-12)16-9-8(14)3-7(13)4-15-9/h3-4H,2,5-6H2,1H3,(H,15,16). The molecule has 0 aliphatic heterocycles. The van der Waals surface area contributed by atoms with Crippen LogP contribution in [0.5, 0.6) is 0 Å². The van der Waals surface area contributed by atoms with Gasteiger partial charge in [0.25, 0.3) is 0 Å². The molecule has 0 fully saturated rings. The Morgan fingerprint density at radius 2 is 1.94 bits per heavy atom. The average molecular weight is 302 g/mol. The lowest BCUT2D eigenvalue weighted by Gasteiger charge is -2.30. The smallest absolute Gasteiger partial charge is 0.145 e. The van der Waals surface area contributed by atoms with Gasteiger partial charge in [0.05, 0.1) is 15.6 Å². The van der Waals surface area contributed by atoms with Crippen LogP contribution in [-0.4, -0.2) is 22.3 Å². The number of pyridine rings is 1. The molecule has 90 valence electrons. The van der Waals surface area contributed by atoms with Gasteiger partial charge < -0.3 is 5.32 Å². The minimum Gasteiger partial charge on any atom is -0.361 e. The van der Waals surface area contributed by atoms with Gasteiger partial charge in [0, 0.05) is 18.0 Å². The van der Waals surface area contributed by atoms with E-state index in [-0.39, 0.29) is 0 Å². The summed E-state index contributed by atoms with van der Waals surface area (Å²) in [5, 5.41) is 4.13. The van der Waals surface area contributed by atoms with Crippen LogP contribution in [0.2, 0.25) is 10.0 Å². The van der Waals surface area contributed by atoms with Gasteiger partial charge in [0.2, 0.25) is 0 Å². The summed E-state index contributed by atoms with van der Waals surface area (Å²) < 4.78 is 0. The van der Waals surface area contributed by atoms with E-state index in [0.717, 1.165) is 6.42 Å². The lowest BCUT2D eigenvalue weighted by Crippen LogP contribution is -2.42. The Hall–Kier alpha value is 0.110. The first kappa shape index (κ1) is 14.2. The molecule has 0 atom stereocenters. The van der Waals surface area contributed by atoms with E-state index in [1.165, 1.54) is 6.20 Å². The van der Waals surface area contributed by atoms with Gasteiger partial charge in [-0.05, 0) is 12.5 Å². The van der Waals surface area contributed by atoms with Crippen LogP contribution in [0.1, 0.15) is 13.3 Å². The topological polar surface area (TPSA) is 24.9 Å². The van der Waals surface area contributed by atoms with Crippen molar-refractivity contribution in [3.05, 3.63) is 22.3 Å². The Balaban J connectivity index is 2.93. The summed E-state index contributed by atoms with van der Waals surface area (Å²) in [7, 11) is 0. The minimum absolute atomic E-state index is 0.383. The quantitative estimate of drug-likeness (QED) is 0.814. The zero-order valence-electron chi connectivity index (χ0n) is 8.74. The molecule has 2 nitrogen and oxygen atoms in total. The minimum atomic E-state index is -0.395. The van der Waals surface area contributed by atoms with Crippen LogP contribution in [0.4, 0.5) is 5.82 Å². The predicted octanol–water partition coefficient (Wildman–Crippen LogP) is 4.43. The van der Waals surface area contributed by atoms with Gasteiger partial charge in [-0.15, -0.1) is 23.2 Å². The molecule has 1 aromatic rings. The fraction of sp³-hybridized carbons (Fsp3) is 0.500. The van der Waals surface area contributed by atoms with E-state index < -0.39 is 5.54 Å². The Morgan fingerprint density at radius 1 is 1.31 bits per heavy atom. The third kappa shape index (κ3) is 3.30. The van der Waals surface area contributed by atoms with Gasteiger partial charge >= 0.3 is 0 Å². The van der Waals surface area contributed by atoms with Crippen LogP contribution in [0.3, 0.4) is 0 Å². The van der Waals surface area contributed by atoms with Crippen molar-refractivity contribution >= 4 is 52.2 Å². The fourth-order valence-corrected chi connectivity index (χ4v) is 2.36. The van der Waals surface area contributed by atoms with Gasteiger partial charge in [-0.25, -0.2) is 4.98 Å². The number of anilines is 1. The maximum atomic E-state index is 6.01. The summed E-state index contributed by atoms with van der Waals surface area (Å²) >= 11 is 23.6. The summed E-state index contributed by atoms with van der Waals surface area (Å²) in [6.45, 7) is 2.00. The molecule has 0 aromatic carbocycles. The summed E-state index contributed by atoms with van der Waals surface area (Å²) in [6, 6.07) is 1.63. The maximum absolute atomic E-state index is 6.01. The second-order valence-corrected chi connectivity index (χ2v) is 4.89. The van der Waals surface area contributed by atoms with Gasteiger partial charge in [-0.2, -0.15) is 0 Å². The van der Waals surface area contributed by atoms with E-state index in [0.29, 0.717) is 27.6 Å². The molecule has 0 unspecified atom stereocenters. The highest BCUT2D eigenvalue weighted by molar-refractivity contribution is 6.36. The van der Waals surface area contributed by atoms with Crippen molar-refractivity contribution in [3.63, 3.8) is 0 Å². The first-order valence-corrected chi connectivity index (χ1v) is 6.60. The number of nitrogens with zero attached hydrogens (tertiary/aromatic N) is 1. The molecule has 0 amide bonds. The fourth-order valence-electron chi connectivity index (χ4n) is 1.14. The van der Waals surface area contributed by atoms with Gasteiger partial charge in [0.1, 0.15) is 5.82 Å². The second kappa shape index (κ2) is 6.15. The molecule has 0 radical (unpaired) electrons. The number of rotatable bonds is 5. The molecular weight excluding hydrogens is 290 g/mol. The molecule has 0 aliphatic rings. The van der Waals surface area contributed by atoms with E-state index in [2.05, 4.69) is 10.3 Å². The Labute approximate surface area is 115 Å². The van der Waals surface area contributed by atoms with Gasteiger partial charge in [0.15, 0.2) is 0 Å². The summed E-state index contributed by atoms with van der Waals surface area (Å²) in [5.41, 5.74) is -0.395. The lowest BCUT2D eigenvalue weighted by atomic mass is 10.0. The van der Waals surface area contributed by atoms with Crippen molar-refractivity contribution in [2.45, 2.75) is 18.9 Å². The Morgan fingerprint density at radius 3 is 2.38 bits per heavy atom. The van der Waals surface area contributed by atoms with E-state index in [1.807, 2.05) is 6.92 Å². The van der Waals surface area contributed by atoms with Crippen molar-refractivity contribution in [2.24, 2.45) is 0 Å². The van der Waals surface area contributed by atoms with Crippen molar-refractivity contribution in [2.75, 3.05) is 17.1 Å². The molecule has 1 N–H and O–H groups in total. The maximum Gasteiger partial charge on any atom is 0.145 e. The molecule has 0 saturated heterocycles. The first-order valence-electron chi connectivity index (χ1n) is 4.78. The highest BCUT2D eigenvalue weighted by Crippen LogP contribution is 2.27. The average Bonchev–Trinajstić information content (AvgIpc) is 2.29. The first-order chi connectivity index (χ1) is 7.56. The van der Waals surface area contributed by atoms with E-state index in [1.54, 1.807) is 6.07 Å². The molecule has 0 aliphatic carbocycles. The number of halogens is 4. The second-order valence-electron chi connectivity index (χ2n) is 3.51. The van der Waals surface area contributed by atoms with E-state index in [4.69, 9.17) is 46.4 Å². The normalized spacial score (nSPS) is 11.6. The monoisotopic (exact) mass is 300 g/mol. The number of hydrogen-bond acceptors (Lipinski definition) is 2. The highest BCUT2D eigenvalue weighted by atomic mass is 35.5. The van der Waals surface area contributed by atoms with Crippen molar-refractivity contribution in [1.29, 1.82) is 0 Å². The highest BCUT2D eigenvalue weighted by Gasteiger charge is 2.27. The molecule has 6 heteroatoms. The van der Waals surface area contributed by atoms with Crippen molar-refractivity contribution in [1.82, 2.24) is 4.98 Å². The van der Waals surface area contributed by atoms with Crippen LogP contribution in [-0.2, 0) is 0 Å². The van der Waals surface area contributed by atoms with E-state index in [9.17, 15) is 0 Å². The zero-order chi connectivity index (χ0) is 12.2. The van der Waals surface area contributed by atoms with E-state index >= 15 is 0 Å². The Bertz CT molecular complexity index is 344. The van der Waals surface area contributed by atoms with Crippen LogP contribution < -0.4 is 5.32 Å². The molecule has 0 bridgehead atoms. The SMILES string of the molecule is CCC(CCl)(CCl)Nc1ncc(Cl)cc1Cl. The molecule has 16 heavy (non-hydrogen) atoms. The molecule has 1 aromatic heterocycles. The van der Waals surface area contributed by atoms with Gasteiger partial charge in [-0.3, -0.25) is 0 Å². The zero-order valence-corrected chi connectivity index (χ0v) is 11.8. The number of alkyl halides is 2. The molecule has 0 spiro atoms. The van der Waals surface area contributed by atoms with Crippen LogP contribution in [0, 0.1) is 0 Å². The molecule has 1 rings (SSSR count). The number of aromatic nitrogens is 1. The number of nitrogens with one attached hydrogen (secondary N) is 1. The molecular formula is C10H12Cl4N2. The summed E-state index contributed by atoms with van der Waals surface area (Å²) in [4.78, 5) is 4.11. The van der Waals surface area contributed by atoms with Crippen molar-refractivity contribution < 1.29 is 0 Å². The van der Waals surface area contributed by atoms with Gasteiger partial charge in [-0.1, -0.05) is 30.1 Å². The van der Waals surface area contributed by atoms with Crippen molar-refractivity contribution in [3.8, 4) is 0 Å². The molecule has 0 saturated carbocycles. The van der Waals surface area contributed by atoms with Crippen LogP contribution >= 0.6 is 46.4 Å². The lowest BCUT2D eigenvalue weighted by molar-refractivity contribution is 0.558. The predicted molar refractivity (Wildman–Crippen MR) is 72.3 cm³/mol. The van der Waals surface area contributed by atoms with Crippen LogP contribution in [0.25, 0.3) is 0 Å². The Kier molecular flexibility index (Phi) is 5.45. The third-order valence-electron chi connectivity index (χ3n) is 2.38.